The van der Waals surface area contributed by atoms with Crippen molar-refractivity contribution in [3.05, 3.63) is 0 Å². The van der Waals surface area contributed by atoms with Gasteiger partial charge in [0.15, 0.2) is 12.6 Å². The first-order valence-electron chi connectivity index (χ1n) is 20.9. The number of thioether (sulfide) groups is 1. The molecule has 6 fully saturated rings. The molecular formula is C37H58N8O17S. The molecule has 7 unspecified atom stereocenters. The number of hydrogen-bond donors (Lipinski definition) is 10. The van der Waals surface area contributed by atoms with Crippen LogP contribution in [0.1, 0.15) is 13.3 Å². The molecule has 0 aromatic rings. The van der Waals surface area contributed by atoms with Crippen LogP contribution < -0.4 is 31.9 Å². The van der Waals surface area contributed by atoms with Gasteiger partial charge < -0.3 is 80.7 Å². The second-order valence-electron chi connectivity index (χ2n) is 16.0. The molecule has 0 bridgehead atoms. The summed E-state index contributed by atoms with van der Waals surface area (Å²) in [5.41, 5.74) is 0. The fraction of sp³-hybridized carbons (Fsp3) is 0.811. The van der Waals surface area contributed by atoms with E-state index in [0.717, 1.165) is 0 Å². The molecule has 6 amide bonds. The standard InChI is InChI=1S/C37H58N8O17S/c1-18(46)17-63-23-8-28(51)45(35(23)56)5-4-44-11-19(38-2-6-57-13-24(47)40-9-21-31(52)33(54)29-36(61-21)59-15-26(49)42-29)20(12-44)39-3-7-58-14-25(48)41-10-22-32(53)34(55)30-37(62-22)60-16-27(50)43-30/h19-23,29-34,36-39,52-55H,2-17H2,1H3,(H,40,47)(H,41,48)(H,42,49)(H,43,50)/t19?,20?,21?,22?,23?,29-,30-,31+,32+,33-,34-,36?,37?/m1/s1. The molecule has 25 nitrogen and oxygen atoms in total. The lowest BCUT2D eigenvalue weighted by molar-refractivity contribution is -0.271. The van der Waals surface area contributed by atoms with Gasteiger partial charge in [0.25, 0.3) is 0 Å². The first-order chi connectivity index (χ1) is 30.2. The van der Waals surface area contributed by atoms with Gasteiger partial charge in [0.2, 0.25) is 35.4 Å². The summed E-state index contributed by atoms with van der Waals surface area (Å²) in [5.74, 6) is -2.38. The zero-order valence-corrected chi connectivity index (χ0v) is 35.5. The number of ether oxygens (including phenoxy) is 6. The average molecular weight is 919 g/mol. The fourth-order valence-corrected chi connectivity index (χ4v) is 8.98. The number of amides is 6. The highest BCUT2D eigenvalue weighted by Gasteiger charge is 2.49. The normalized spacial score (nSPS) is 34.6. The number of Topliss-reactive ketones (excluding diaryl/α,β-unsaturated/α-hetero) is 1. The number of ketones is 1. The molecule has 6 heterocycles. The monoisotopic (exact) mass is 918 g/mol. The Morgan fingerprint density at radius 1 is 0.746 bits per heavy atom. The van der Waals surface area contributed by atoms with Crippen LogP contribution in [0.4, 0.5) is 0 Å². The highest BCUT2D eigenvalue weighted by molar-refractivity contribution is 8.01. The number of rotatable bonds is 22. The predicted molar refractivity (Wildman–Crippen MR) is 213 cm³/mol. The van der Waals surface area contributed by atoms with Crippen LogP contribution in [0.2, 0.25) is 0 Å². The number of likely N-dealkylation sites (tertiary alicyclic amines) is 2. The highest BCUT2D eigenvalue weighted by atomic mass is 32.2. The number of nitrogens with zero attached hydrogens (tertiary/aromatic N) is 2. The Balaban J connectivity index is 0.905. The summed E-state index contributed by atoms with van der Waals surface area (Å²) in [6.07, 6.45) is -9.40. The third-order valence-electron chi connectivity index (χ3n) is 11.3. The lowest BCUT2D eigenvalue weighted by atomic mass is 9.96. The minimum absolute atomic E-state index is 0.0491. The van der Waals surface area contributed by atoms with E-state index in [0.29, 0.717) is 32.7 Å². The van der Waals surface area contributed by atoms with Crippen LogP contribution in [0.3, 0.4) is 0 Å². The van der Waals surface area contributed by atoms with Crippen molar-refractivity contribution < 1.29 is 82.4 Å². The molecular weight excluding hydrogens is 861 g/mol. The van der Waals surface area contributed by atoms with Gasteiger partial charge in [-0.1, -0.05) is 0 Å². The van der Waals surface area contributed by atoms with E-state index in [4.69, 9.17) is 28.4 Å². The second-order valence-corrected chi connectivity index (χ2v) is 17.2. The van der Waals surface area contributed by atoms with Crippen LogP contribution in [0.15, 0.2) is 0 Å². The SMILES string of the molecule is CC(=O)CSC1CC(=O)N(CCN2CC(NCCOCC(=O)NCC3OC4OCC(=O)N[C@@H]4[C@@H](O)[C@H]3O)C(NCCOCC(=O)NCC3OC4OCC(=O)N[C@@H]4[C@@H](O)[C@H]3O)C2)C1=O. The smallest absolute Gasteiger partial charge is 0.246 e. The van der Waals surface area contributed by atoms with Gasteiger partial charge in [-0.2, -0.15) is 0 Å². The summed E-state index contributed by atoms with van der Waals surface area (Å²) in [7, 11) is 0. The molecule has 26 heteroatoms. The predicted octanol–water partition coefficient (Wildman–Crippen LogP) is -8.14. The van der Waals surface area contributed by atoms with Gasteiger partial charge in [-0.3, -0.25) is 43.4 Å². The minimum Gasteiger partial charge on any atom is -0.388 e. The van der Waals surface area contributed by atoms with E-state index < -0.39 is 90.2 Å². The molecule has 6 aliphatic heterocycles. The summed E-state index contributed by atoms with van der Waals surface area (Å²) in [6.45, 7) is 2.67. The molecule has 0 saturated carbocycles. The Morgan fingerprint density at radius 2 is 1.24 bits per heavy atom. The Morgan fingerprint density at radius 3 is 1.71 bits per heavy atom. The second kappa shape index (κ2) is 23.1. The van der Waals surface area contributed by atoms with Crippen molar-refractivity contribution in [3.8, 4) is 0 Å². The van der Waals surface area contributed by atoms with Crippen molar-refractivity contribution >= 4 is 53.0 Å². The minimum atomic E-state index is -1.39. The lowest BCUT2D eigenvalue weighted by Crippen LogP contribution is -2.68. The van der Waals surface area contributed by atoms with Gasteiger partial charge in [-0.15, -0.1) is 11.8 Å². The van der Waals surface area contributed by atoms with Gasteiger partial charge in [-0.05, 0) is 6.92 Å². The van der Waals surface area contributed by atoms with Crippen LogP contribution in [0.5, 0.6) is 0 Å². The van der Waals surface area contributed by atoms with E-state index in [1.54, 1.807) is 0 Å². The molecule has 6 saturated heterocycles. The molecule has 0 aromatic carbocycles. The molecule has 0 spiro atoms. The van der Waals surface area contributed by atoms with E-state index in [-0.39, 0.29) is 101 Å². The molecule has 10 N–H and O–H groups in total. The summed E-state index contributed by atoms with van der Waals surface area (Å²) >= 11 is 1.17. The Kier molecular flexibility index (Phi) is 18.0. The third kappa shape index (κ3) is 13.3. The largest absolute Gasteiger partial charge is 0.388 e. The van der Waals surface area contributed by atoms with Crippen LogP contribution in [-0.4, -0.2) is 248 Å². The number of morpholine rings is 2. The van der Waals surface area contributed by atoms with Crippen molar-refractivity contribution in [2.24, 2.45) is 0 Å². The van der Waals surface area contributed by atoms with Gasteiger partial charge >= 0.3 is 0 Å². The molecule has 63 heavy (non-hydrogen) atoms. The molecule has 13 atom stereocenters. The fourth-order valence-electron chi connectivity index (χ4n) is 8.02. The Labute approximate surface area is 366 Å². The topological polar surface area (TPSA) is 334 Å². The van der Waals surface area contributed by atoms with Crippen molar-refractivity contribution in [1.29, 1.82) is 0 Å². The number of fused-ring (bicyclic) bond motifs is 2. The molecule has 6 aliphatic rings. The van der Waals surface area contributed by atoms with E-state index in [1.165, 1.54) is 23.6 Å². The molecule has 0 radical (unpaired) electrons. The van der Waals surface area contributed by atoms with E-state index >= 15 is 0 Å². The number of carbonyl (C=O) groups excluding carboxylic acids is 7. The van der Waals surface area contributed by atoms with Gasteiger partial charge in [0.05, 0.1) is 24.2 Å². The quantitative estimate of drug-likeness (QED) is 0.0356. The maximum atomic E-state index is 12.9. The first kappa shape index (κ1) is 49.0. The molecule has 354 valence electrons. The number of imide groups is 1. The Hall–Kier alpha value is -3.48. The third-order valence-corrected chi connectivity index (χ3v) is 12.7. The first-order valence-corrected chi connectivity index (χ1v) is 21.9. The van der Waals surface area contributed by atoms with E-state index in [2.05, 4.69) is 36.8 Å². The molecule has 0 aromatic heterocycles. The summed E-state index contributed by atoms with van der Waals surface area (Å²) in [4.78, 5) is 88.6. The number of hydrogen-bond acceptors (Lipinski definition) is 21. The van der Waals surface area contributed by atoms with Crippen molar-refractivity contribution in [2.45, 2.75) is 92.0 Å². The number of aliphatic hydroxyl groups is 4. The maximum absolute atomic E-state index is 12.9. The van der Waals surface area contributed by atoms with E-state index in [9.17, 15) is 54.0 Å². The van der Waals surface area contributed by atoms with Gasteiger partial charge in [0.1, 0.15) is 80.9 Å². The van der Waals surface area contributed by atoms with Crippen LogP contribution in [0, 0.1) is 0 Å². The summed E-state index contributed by atoms with van der Waals surface area (Å²) in [6, 6.07) is -2.16. The molecule has 6 rings (SSSR count). The molecule has 0 aliphatic carbocycles. The van der Waals surface area contributed by atoms with E-state index in [1.807, 2.05) is 0 Å². The highest BCUT2D eigenvalue weighted by Crippen LogP contribution is 2.27. The van der Waals surface area contributed by atoms with Crippen LogP contribution >= 0.6 is 11.8 Å². The van der Waals surface area contributed by atoms with Crippen LogP contribution in [0.25, 0.3) is 0 Å². The maximum Gasteiger partial charge on any atom is 0.246 e. The number of carbonyl (C=O) groups is 7. The average Bonchev–Trinajstić information content (AvgIpc) is 3.77. The van der Waals surface area contributed by atoms with Crippen LogP contribution in [-0.2, 0) is 62.0 Å². The Bertz CT molecular complexity index is 1560. The van der Waals surface area contributed by atoms with Crippen molar-refractivity contribution in [3.63, 3.8) is 0 Å². The number of aliphatic hydroxyl groups excluding tert-OH is 4. The van der Waals surface area contributed by atoms with Crippen molar-refractivity contribution in [2.75, 3.05) is 97.8 Å². The zero-order chi connectivity index (χ0) is 45.2. The van der Waals surface area contributed by atoms with Gasteiger partial charge in [0, 0.05) is 70.9 Å². The summed E-state index contributed by atoms with van der Waals surface area (Å²) < 4.78 is 33.0. The lowest BCUT2D eigenvalue weighted by Gasteiger charge is -2.44. The zero-order valence-electron chi connectivity index (χ0n) is 34.7. The van der Waals surface area contributed by atoms with Crippen molar-refractivity contribution in [1.82, 2.24) is 41.7 Å². The van der Waals surface area contributed by atoms with Gasteiger partial charge in [-0.25, -0.2) is 0 Å². The number of nitrogens with one attached hydrogen (secondary N) is 6. The summed E-state index contributed by atoms with van der Waals surface area (Å²) in [5, 5.41) is 58.3.